The van der Waals surface area contributed by atoms with Gasteiger partial charge in [-0.1, -0.05) is 6.92 Å². The van der Waals surface area contributed by atoms with Crippen LogP contribution in [-0.4, -0.2) is 34.3 Å². The minimum absolute atomic E-state index is 0.195. The molecule has 3 nitrogen and oxygen atoms in total. The van der Waals surface area contributed by atoms with Gasteiger partial charge in [0.15, 0.2) is 0 Å². The van der Waals surface area contributed by atoms with Gasteiger partial charge >= 0.3 is 0 Å². The Morgan fingerprint density at radius 2 is 2.19 bits per heavy atom. The number of thioether (sulfide) groups is 1. The van der Waals surface area contributed by atoms with Crippen LogP contribution in [0.15, 0.2) is 0 Å². The molecule has 2 saturated carbocycles. The van der Waals surface area contributed by atoms with Crippen LogP contribution in [0, 0.1) is 17.2 Å². The number of nitrogens with zero attached hydrogens (tertiary/aromatic N) is 1. The van der Waals surface area contributed by atoms with Gasteiger partial charge in [0.2, 0.25) is 0 Å². The van der Waals surface area contributed by atoms with E-state index in [1.165, 1.54) is 25.7 Å². The first-order valence-electron chi connectivity index (χ1n) is 6.11. The molecule has 0 saturated heterocycles. The molecule has 0 heterocycles. The van der Waals surface area contributed by atoms with Crippen molar-refractivity contribution in [2.24, 2.45) is 5.92 Å². The summed E-state index contributed by atoms with van der Waals surface area (Å²) in [6.45, 7) is 2.21. The molecule has 2 unspecified atom stereocenters. The van der Waals surface area contributed by atoms with Crippen LogP contribution in [0.4, 0.5) is 0 Å². The van der Waals surface area contributed by atoms with Crippen molar-refractivity contribution in [2.45, 2.75) is 49.4 Å². The van der Waals surface area contributed by atoms with Gasteiger partial charge in [-0.25, -0.2) is 0 Å². The van der Waals surface area contributed by atoms with Crippen molar-refractivity contribution in [3.63, 3.8) is 0 Å². The van der Waals surface area contributed by atoms with Gasteiger partial charge in [-0.05, 0) is 31.6 Å². The molecule has 16 heavy (non-hydrogen) atoms. The van der Waals surface area contributed by atoms with E-state index < -0.39 is 0 Å². The summed E-state index contributed by atoms with van der Waals surface area (Å²) in [6.07, 6.45) is 4.80. The highest BCUT2D eigenvalue weighted by Gasteiger charge is 2.48. The molecular formula is C12H20N2OS. The lowest BCUT2D eigenvalue weighted by Gasteiger charge is -2.28. The maximum atomic E-state index is 9.46. The molecule has 2 aliphatic rings. The van der Waals surface area contributed by atoms with E-state index in [2.05, 4.69) is 11.4 Å². The van der Waals surface area contributed by atoms with E-state index in [1.807, 2.05) is 6.92 Å². The summed E-state index contributed by atoms with van der Waals surface area (Å²) in [7, 11) is 0. The van der Waals surface area contributed by atoms with Crippen molar-refractivity contribution < 1.29 is 5.11 Å². The first-order chi connectivity index (χ1) is 7.70. The summed E-state index contributed by atoms with van der Waals surface area (Å²) in [5.74, 6) is 1.35. The molecule has 4 heteroatoms. The quantitative estimate of drug-likeness (QED) is 0.708. The molecule has 0 aromatic rings. The standard InChI is InChI=1S/C12H20N2OS/c1-9(6-15)16-8-12(7-13,10-2-3-10)14-11-4-5-11/h9-11,14-15H,2-6,8H2,1H3. The average Bonchev–Trinajstić information content (AvgIpc) is 3.15. The van der Waals surface area contributed by atoms with Gasteiger partial charge < -0.3 is 5.11 Å². The highest BCUT2D eigenvalue weighted by Crippen LogP contribution is 2.43. The van der Waals surface area contributed by atoms with Crippen LogP contribution in [-0.2, 0) is 0 Å². The second-order valence-corrected chi connectivity index (χ2v) is 6.51. The second kappa shape index (κ2) is 4.95. The number of nitriles is 1. The summed E-state index contributed by atoms with van der Waals surface area (Å²) >= 11 is 1.71. The zero-order valence-corrected chi connectivity index (χ0v) is 10.6. The zero-order valence-electron chi connectivity index (χ0n) is 9.78. The SMILES string of the molecule is CC(CO)SCC(C#N)(NC1CC1)C1CC1. The summed E-state index contributed by atoms with van der Waals surface area (Å²) in [5, 5.41) is 22.3. The van der Waals surface area contributed by atoms with Crippen LogP contribution < -0.4 is 5.32 Å². The number of aliphatic hydroxyl groups is 1. The molecule has 2 N–H and O–H groups in total. The van der Waals surface area contributed by atoms with Crippen LogP contribution in [0.5, 0.6) is 0 Å². The highest BCUT2D eigenvalue weighted by molar-refractivity contribution is 8.00. The Labute approximate surface area is 102 Å². The van der Waals surface area contributed by atoms with E-state index in [0.717, 1.165) is 5.75 Å². The maximum absolute atomic E-state index is 9.46. The van der Waals surface area contributed by atoms with Crippen LogP contribution in [0.1, 0.15) is 32.6 Å². The van der Waals surface area contributed by atoms with E-state index >= 15 is 0 Å². The fourth-order valence-electron chi connectivity index (χ4n) is 1.93. The van der Waals surface area contributed by atoms with E-state index in [1.54, 1.807) is 11.8 Å². The van der Waals surface area contributed by atoms with Gasteiger partial charge in [0.25, 0.3) is 0 Å². The third-order valence-corrected chi connectivity index (χ3v) is 4.71. The number of rotatable bonds is 7. The molecule has 0 aromatic heterocycles. The lowest BCUT2D eigenvalue weighted by molar-refractivity contribution is 0.299. The van der Waals surface area contributed by atoms with E-state index in [0.29, 0.717) is 12.0 Å². The molecule has 2 rings (SSSR count). The van der Waals surface area contributed by atoms with Gasteiger partial charge in [-0.2, -0.15) is 17.0 Å². The Morgan fingerprint density at radius 1 is 1.50 bits per heavy atom. The minimum Gasteiger partial charge on any atom is -0.395 e. The summed E-state index contributed by atoms with van der Waals surface area (Å²) < 4.78 is 0. The molecule has 2 atom stereocenters. The normalized spacial score (nSPS) is 25.8. The number of aliphatic hydroxyl groups excluding tert-OH is 1. The summed E-state index contributed by atoms with van der Waals surface area (Å²) in [4.78, 5) is 0. The van der Waals surface area contributed by atoms with Crippen LogP contribution in [0.25, 0.3) is 0 Å². The second-order valence-electron chi connectivity index (χ2n) is 5.08. The summed E-state index contributed by atoms with van der Waals surface area (Å²) in [6, 6.07) is 3.09. The van der Waals surface area contributed by atoms with E-state index in [9.17, 15) is 5.26 Å². The van der Waals surface area contributed by atoms with E-state index in [-0.39, 0.29) is 17.4 Å². The molecule has 0 aliphatic heterocycles. The average molecular weight is 240 g/mol. The maximum Gasteiger partial charge on any atom is 0.118 e. The number of nitrogens with one attached hydrogen (secondary N) is 1. The Morgan fingerprint density at radius 3 is 2.62 bits per heavy atom. The van der Waals surface area contributed by atoms with Gasteiger partial charge in [0.1, 0.15) is 5.54 Å². The fourth-order valence-corrected chi connectivity index (χ4v) is 2.96. The van der Waals surface area contributed by atoms with Gasteiger partial charge in [0, 0.05) is 17.0 Å². The lowest BCUT2D eigenvalue weighted by atomic mass is 9.97. The molecule has 2 fully saturated rings. The first-order valence-corrected chi connectivity index (χ1v) is 7.16. The Hall–Kier alpha value is -0.240. The first kappa shape index (κ1) is 12.2. The third kappa shape index (κ3) is 2.91. The Balaban J connectivity index is 1.92. The van der Waals surface area contributed by atoms with Crippen molar-refractivity contribution in [3.05, 3.63) is 0 Å². The van der Waals surface area contributed by atoms with Gasteiger partial charge in [-0.15, -0.1) is 0 Å². The molecule has 0 radical (unpaired) electrons. The lowest BCUT2D eigenvalue weighted by Crippen LogP contribution is -2.50. The van der Waals surface area contributed by atoms with Crippen molar-refractivity contribution in [1.82, 2.24) is 5.32 Å². The number of hydrogen-bond donors (Lipinski definition) is 2. The van der Waals surface area contributed by atoms with E-state index in [4.69, 9.17) is 5.11 Å². The van der Waals surface area contributed by atoms with Gasteiger partial charge in [-0.3, -0.25) is 5.32 Å². The minimum atomic E-state index is -0.324. The molecule has 90 valence electrons. The largest absolute Gasteiger partial charge is 0.395 e. The predicted molar refractivity (Wildman–Crippen MR) is 66.2 cm³/mol. The molecule has 2 aliphatic carbocycles. The topological polar surface area (TPSA) is 56.0 Å². The highest BCUT2D eigenvalue weighted by atomic mass is 32.2. The molecule has 0 aromatic carbocycles. The van der Waals surface area contributed by atoms with Crippen LogP contribution in [0.3, 0.4) is 0 Å². The number of hydrogen-bond acceptors (Lipinski definition) is 4. The van der Waals surface area contributed by atoms with Crippen molar-refractivity contribution in [1.29, 1.82) is 5.26 Å². The van der Waals surface area contributed by atoms with Crippen molar-refractivity contribution in [3.8, 4) is 6.07 Å². The molecule has 0 amide bonds. The van der Waals surface area contributed by atoms with Crippen molar-refractivity contribution >= 4 is 11.8 Å². The molecule has 0 bridgehead atoms. The van der Waals surface area contributed by atoms with Crippen molar-refractivity contribution in [2.75, 3.05) is 12.4 Å². The summed E-state index contributed by atoms with van der Waals surface area (Å²) in [5.41, 5.74) is -0.324. The Bertz CT molecular complexity index is 283. The Kier molecular flexibility index (Phi) is 3.78. The zero-order chi connectivity index (χ0) is 11.6. The van der Waals surface area contributed by atoms with Gasteiger partial charge in [0.05, 0.1) is 12.7 Å². The predicted octanol–water partition coefficient (Wildman–Crippen LogP) is 1.52. The monoisotopic (exact) mass is 240 g/mol. The van der Waals surface area contributed by atoms with Crippen LogP contribution >= 0.6 is 11.8 Å². The van der Waals surface area contributed by atoms with Crippen LogP contribution in [0.2, 0.25) is 0 Å². The smallest absolute Gasteiger partial charge is 0.118 e. The molecular weight excluding hydrogens is 220 g/mol. The molecule has 0 spiro atoms. The third-order valence-electron chi connectivity index (χ3n) is 3.37. The fraction of sp³-hybridized carbons (Fsp3) is 0.917.